The van der Waals surface area contributed by atoms with Gasteiger partial charge in [-0.2, -0.15) is 0 Å². The molecular formula is C13H20F2N2O2S. The Morgan fingerprint density at radius 2 is 1.90 bits per heavy atom. The molecule has 0 spiro atoms. The normalized spacial score (nSPS) is 15.1. The Morgan fingerprint density at radius 3 is 2.45 bits per heavy atom. The topological polar surface area (TPSA) is 72.2 Å². The molecule has 0 bridgehead atoms. The lowest BCUT2D eigenvalue weighted by Crippen LogP contribution is -2.34. The van der Waals surface area contributed by atoms with Crippen molar-refractivity contribution < 1.29 is 17.2 Å². The van der Waals surface area contributed by atoms with E-state index in [-0.39, 0.29) is 6.04 Å². The van der Waals surface area contributed by atoms with Crippen LogP contribution in [0.2, 0.25) is 0 Å². The molecule has 0 heterocycles. The molecule has 0 saturated carbocycles. The second-order valence-electron chi connectivity index (χ2n) is 5.04. The average Bonchev–Trinajstić information content (AvgIpc) is 2.34. The first-order valence-corrected chi connectivity index (χ1v) is 7.93. The summed E-state index contributed by atoms with van der Waals surface area (Å²) in [5, 5.41) is 0. The third kappa shape index (κ3) is 3.89. The van der Waals surface area contributed by atoms with E-state index >= 15 is 0 Å². The Bertz CT molecular complexity index is 576. The molecule has 114 valence electrons. The minimum Gasteiger partial charge on any atom is -0.394 e. The number of nitrogens with two attached hydrogens (primary N) is 1. The molecule has 2 atom stereocenters. The van der Waals surface area contributed by atoms with Crippen LogP contribution in [0.1, 0.15) is 33.6 Å². The third-order valence-corrected chi connectivity index (χ3v) is 4.80. The maximum Gasteiger partial charge on any atom is 0.243 e. The highest BCUT2D eigenvalue weighted by Crippen LogP contribution is 2.23. The SMILES string of the molecule is CCC(C)CC(C)NS(=O)(=O)c1ccc(F)c(N)c1F. The maximum absolute atomic E-state index is 13.8. The van der Waals surface area contributed by atoms with Crippen LogP contribution >= 0.6 is 0 Å². The smallest absolute Gasteiger partial charge is 0.243 e. The van der Waals surface area contributed by atoms with Crippen molar-refractivity contribution >= 4 is 15.7 Å². The Labute approximate surface area is 118 Å². The highest BCUT2D eigenvalue weighted by molar-refractivity contribution is 7.89. The Balaban J connectivity index is 2.98. The molecule has 0 fully saturated rings. The van der Waals surface area contributed by atoms with Crippen molar-refractivity contribution in [2.45, 2.75) is 44.6 Å². The Kier molecular flexibility index (Phi) is 5.47. The molecule has 0 aliphatic rings. The quantitative estimate of drug-likeness (QED) is 0.794. The van der Waals surface area contributed by atoms with Gasteiger partial charge in [-0.3, -0.25) is 0 Å². The summed E-state index contributed by atoms with van der Waals surface area (Å²) in [6, 6.07) is 1.37. The highest BCUT2D eigenvalue weighted by atomic mass is 32.2. The van der Waals surface area contributed by atoms with Crippen LogP contribution in [0, 0.1) is 17.6 Å². The van der Waals surface area contributed by atoms with E-state index in [0.717, 1.165) is 18.6 Å². The van der Waals surface area contributed by atoms with Crippen molar-refractivity contribution in [3.63, 3.8) is 0 Å². The summed E-state index contributed by atoms with van der Waals surface area (Å²) in [5.74, 6) is -1.89. The standard InChI is InChI=1S/C13H20F2N2O2S/c1-4-8(2)7-9(3)17-20(18,19)11-6-5-10(14)13(16)12(11)15/h5-6,8-9,17H,4,7,16H2,1-3H3. The van der Waals surface area contributed by atoms with Gasteiger partial charge in [0.05, 0.1) is 0 Å². The largest absolute Gasteiger partial charge is 0.394 e. The molecule has 0 radical (unpaired) electrons. The number of benzene rings is 1. The molecule has 7 heteroatoms. The lowest BCUT2D eigenvalue weighted by Gasteiger charge is -2.18. The molecule has 4 nitrogen and oxygen atoms in total. The van der Waals surface area contributed by atoms with Gasteiger partial charge in [0.15, 0.2) is 5.82 Å². The molecule has 1 rings (SSSR count). The van der Waals surface area contributed by atoms with Crippen LogP contribution in [0.3, 0.4) is 0 Å². The maximum atomic E-state index is 13.8. The van der Waals surface area contributed by atoms with Crippen LogP contribution < -0.4 is 10.5 Å². The molecule has 1 aromatic rings. The summed E-state index contributed by atoms with van der Waals surface area (Å²) in [5.41, 5.74) is 4.38. The third-order valence-electron chi connectivity index (χ3n) is 3.19. The monoisotopic (exact) mass is 306 g/mol. The van der Waals surface area contributed by atoms with Crippen molar-refractivity contribution in [3.05, 3.63) is 23.8 Å². The lowest BCUT2D eigenvalue weighted by molar-refractivity contribution is 0.444. The van der Waals surface area contributed by atoms with Crippen LogP contribution in [0.5, 0.6) is 0 Å². The molecule has 0 aliphatic carbocycles. The van der Waals surface area contributed by atoms with E-state index in [9.17, 15) is 17.2 Å². The summed E-state index contributed by atoms with van der Waals surface area (Å²) < 4.78 is 53.3. The van der Waals surface area contributed by atoms with E-state index in [2.05, 4.69) is 4.72 Å². The molecule has 0 aliphatic heterocycles. The van der Waals surface area contributed by atoms with Gasteiger partial charge in [0.1, 0.15) is 16.4 Å². The summed E-state index contributed by atoms with van der Waals surface area (Å²) in [6.45, 7) is 5.71. The molecule has 0 aromatic heterocycles. The second-order valence-corrected chi connectivity index (χ2v) is 6.73. The van der Waals surface area contributed by atoms with Gasteiger partial charge < -0.3 is 5.73 Å². The van der Waals surface area contributed by atoms with E-state index in [1.54, 1.807) is 6.92 Å². The molecule has 0 saturated heterocycles. The second kappa shape index (κ2) is 6.49. The number of anilines is 1. The molecule has 20 heavy (non-hydrogen) atoms. The van der Waals surface area contributed by atoms with Crippen molar-refractivity contribution in [1.82, 2.24) is 4.72 Å². The van der Waals surface area contributed by atoms with Crippen LogP contribution in [0.4, 0.5) is 14.5 Å². The number of sulfonamides is 1. The van der Waals surface area contributed by atoms with Gasteiger partial charge in [-0.25, -0.2) is 21.9 Å². The van der Waals surface area contributed by atoms with E-state index in [0.29, 0.717) is 12.3 Å². The van der Waals surface area contributed by atoms with Crippen LogP contribution in [-0.4, -0.2) is 14.5 Å². The average molecular weight is 306 g/mol. The van der Waals surface area contributed by atoms with Gasteiger partial charge in [0.25, 0.3) is 0 Å². The van der Waals surface area contributed by atoms with E-state index < -0.39 is 32.2 Å². The predicted octanol–water partition coefficient (Wildman–Crippen LogP) is 2.65. The van der Waals surface area contributed by atoms with Gasteiger partial charge >= 0.3 is 0 Å². The highest BCUT2D eigenvalue weighted by Gasteiger charge is 2.24. The summed E-state index contributed by atoms with van der Waals surface area (Å²) in [4.78, 5) is -0.632. The van der Waals surface area contributed by atoms with Crippen molar-refractivity contribution in [2.75, 3.05) is 5.73 Å². The van der Waals surface area contributed by atoms with Gasteiger partial charge in [0.2, 0.25) is 10.0 Å². The van der Waals surface area contributed by atoms with Crippen LogP contribution in [0.25, 0.3) is 0 Å². The van der Waals surface area contributed by atoms with Crippen molar-refractivity contribution in [1.29, 1.82) is 0 Å². The number of hydrogen-bond acceptors (Lipinski definition) is 3. The zero-order valence-corrected chi connectivity index (χ0v) is 12.6. The fourth-order valence-electron chi connectivity index (χ4n) is 1.90. The zero-order valence-electron chi connectivity index (χ0n) is 11.8. The first-order valence-electron chi connectivity index (χ1n) is 6.44. The van der Waals surface area contributed by atoms with Gasteiger partial charge in [-0.15, -0.1) is 0 Å². The van der Waals surface area contributed by atoms with E-state index in [1.165, 1.54) is 0 Å². The van der Waals surface area contributed by atoms with Crippen molar-refractivity contribution in [3.8, 4) is 0 Å². The predicted molar refractivity (Wildman–Crippen MR) is 74.6 cm³/mol. The molecule has 2 unspecified atom stereocenters. The first kappa shape index (κ1) is 16.8. The fourth-order valence-corrected chi connectivity index (χ4v) is 3.25. The number of nitrogens with one attached hydrogen (secondary N) is 1. The molecule has 3 N–H and O–H groups in total. The van der Waals surface area contributed by atoms with Crippen LogP contribution in [0.15, 0.2) is 17.0 Å². The zero-order chi connectivity index (χ0) is 15.5. The molecule has 0 amide bonds. The summed E-state index contributed by atoms with van der Waals surface area (Å²) in [6.07, 6.45) is 1.55. The minimum atomic E-state index is -4.05. The van der Waals surface area contributed by atoms with E-state index in [4.69, 9.17) is 5.73 Å². The Hall–Kier alpha value is -1.21. The van der Waals surface area contributed by atoms with Crippen LogP contribution in [-0.2, 0) is 10.0 Å². The minimum absolute atomic E-state index is 0.343. The van der Waals surface area contributed by atoms with Gasteiger partial charge in [0, 0.05) is 6.04 Å². The number of nitrogen functional groups attached to an aromatic ring is 1. The molecular weight excluding hydrogens is 286 g/mol. The first-order chi connectivity index (χ1) is 9.19. The number of rotatable bonds is 6. The summed E-state index contributed by atoms with van der Waals surface area (Å²) >= 11 is 0. The summed E-state index contributed by atoms with van der Waals surface area (Å²) in [7, 11) is -4.05. The van der Waals surface area contributed by atoms with Gasteiger partial charge in [-0.05, 0) is 31.4 Å². The lowest BCUT2D eigenvalue weighted by atomic mass is 10.0. The molecule has 1 aromatic carbocycles. The number of halogens is 2. The fraction of sp³-hybridized carbons (Fsp3) is 0.538. The van der Waals surface area contributed by atoms with Crippen molar-refractivity contribution in [2.24, 2.45) is 5.92 Å². The van der Waals surface area contributed by atoms with E-state index in [1.807, 2.05) is 13.8 Å². The Morgan fingerprint density at radius 1 is 1.30 bits per heavy atom. The van der Waals surface area contributed by atoms with Gasteiger partial charge in [-0.1, -0.05) is 20.3 Å². The number of hydrogen-bond donors (Lipinski definition) is 2.